The normalized spacial score (nSPS) is 10.3. The number of benzene rings is 2. The molecule has 0 aliphatic rings. The second kappa shape index (κ2) is 6.81. The Morgan fingerprint density at radius 2 is 1.50 bits per heavy atom. The van der Waals surface area contributed by atoms with Crippen molar-refractivity contribution in [1.82, 2.24) is 0 Å². The summed E-state index contributed by atoms with van der Waals surface area (Å²) in [6.07, 6.45) is 1.10. The number of aryl methyl sites for hydroxylation is 1. The minimum Gasteiger partial charge on any atom is -0.508 e. The van der Waals surface area contributed by atoms with Crippen LogP contribution in [0.4, 0.5) is 11.4 Å². The molecule has 20 heavy (non-hydrogen) atoms. The first-order valence-electron chi connectivity index (χ1n) is 5.85. The smallest absolute Gasteiger partial charge is 0.229 e. The third-order valence-electron chi connectivity index (χ3n) is 2.25. The Hall–Kier alpha value is -2.21. The van der Waals surface area contributed by atoms with Crippen LogP contribution in [0.25, 0.3) is 0 Å². The average molecular weight is 294 g/mol. The zero-order chi connectivity index (χ0) is 15.2. The Morgan fingerprint density at radius 3 is 1.90 bits per heavy atom. The van der Waals surface area contributed by atoms with Gasteiger partial charge in [-0.3, -0.25) is 4.72 Å². The lowest BCUT2D eigenvalue weighted by atomic mass is 10.2. The Labute approximate surface area is 119 Å². The summed E-state index contributed by atoms with van der Waals surface area (Å²) in [5, 5.41) is 8.76. The maximum Gasteiger partial charge on any atom is 0.229 e. The van der Waals surface area contributed by atoms with Crippen LogP contribution in [0.1, 0.15) is 5.56 Å². The third kappa shape index (κ3) is 6.65. The second-order valence-electron chi connectivity index (χ2n) is 4.33. The highest BCUT2D eigenvalue weighted by molar-refractivity contribution is 7.92. The van der Waals surface area contributed by atoms with E-state index in [9.17, 15) is 8.42 Å². The number of nitrogen functional groups attached to an aromatic ring is 1. The van der Waals surface area contributed by atoms with E-state index in [-0.39, 0.29) is 0 Å². The largest absolute Gasteiger partial charge is 0.508 e. The summed E-state index contributed by atoms with van der Waals surface area (Å²) in [7, 11) is -3.18. The maximum atomic E-state index is 10.7. The summed E-state index contributed by atoms with van der Waals surface area (Å²) < 4.78 is 23.8. The molecule has 0 atom stereocenters. The molecule has 4 N–H and O–H groups in total. The molecular formula is C14H18N2O3S. The Bertz CT molecular complexity index is 614. The molecule has 2 aromatic rings. The molecule has 0 radical (unpaired) electrons. The summed E-state index contributed by atoms with van der Waals surface area (Å²) in [5.41, 5.74) is 7.71. The van der Waals surface area contributed by atoms with E-state index in [1.165, 1.54) is 5.56 Å². The molecule has 0 fully saturated rings. The number of aromatic hydroxyl groups is 1. The summed E-state index contributed by atoms with van der Waals surface area (Å²) in [6, 6.07) is 13.6. The molecule has 0 amide bonds. The molecule has 0 saturated carbocycles. The fourth-order valence-corrected chi connectivity index (χ4v) is 1.87. The molecule has 5 nitrogen and oxygen atoms in total. The molecule has 0 spiro atoms. The number of hydrogen-bond acceptors (Lipinski definition) is 4. The summed E-state index contributed by atoms with van der Waals surface area (Å²) in [6.45, 7) is 1.99. The average Bonchev–Trinajstić information content (AvgIpc) is 2.35. The summed E-state index contributed by atoms with van der Waals surface area (Å²) >= 11 is 0. The lowest BCUT2D eigenvalue weighted by Crippen LogP contribution is -2.09. The highest BCUT2D eigenvalue weighted by Crippen LogP contribution is 2.11. The third-order valence-corrected chi connectivity index (χ3v) is 2.85. The van der Waals surface area contributed by atoms with Gasteiger partial charge in [-0.25, -0.2) is 8.42 Å². The van der Waals surface area contributed by atoms with Gasteiger partial charge in [0.05, 0.1) is 6.26 Å². The molecule has 0 aliphatic carbocycles. The van der Waals surface area contributed by atoms with Crippen molar-refractivity contribution in [1.29, 1.82) is 0 Å². The number of anilines is 2. The highest BCUT2D eigenvalue weighted by Gasteiger charge is 1.99. The molecule has 0 saturated heterocycles. The Morgan fingerprint density at radius 1 is 1.00 bits per heavy atom. The summed E-state index contributed by atoms with van der Waals surface area (Å²) in [4.78, 5) is 0. The van der Waals surface area contributed by atoms with Crippen LogP contribution in [0.15, 0.2) is 48.5 Å². The molecule has 108 valence electrons. The van der Waals surface area contributed by atoms with Crippen LogP contribution >= 0.6 is 0 Å². The monoisotopic (exact) mass is 294 g/mol. The molecule has 0 unspecified atom stereocenters. The fraction of sp³-hybridized carbons (Fsp3) is 0.143. The number of phenols is 1. The van der Waals surface area contributed by atoms with E-state index in [0.29, 0.717) is 17.1 Å². The van der Waals surface area contributed by atoms with Gasteiger partial charge in [0.25, 0.3) is 0 Å². The number of hydrogen-bond donors (Lipinski definition) is 3. The number of phenolic OH excluding ortho intramolecular Hbond substituents is 1. The predicted molar refractivity (Wildman–Crippen MR) is 82.2 cm³/mol. The number of nitrogens with two attached hydrogens (primary N) is 1. The van der Waals surface area contributed by atoms with Gasteiger partial charge in [0.2, 0.25) is 10.0 Å². The van der Waals surface area contributed by atoms with Gasteiger partial charge in [-0.05, 0) is 43.3 Å². The molecule has 0 aliphatic heterocycles. The molecule has 0 heterocycles. The molecule has 2 aromatic carbocycles. The first-order chi connectivity index (χ1) is 9.26. The van der Waals surface area contributed by atoms with Crippen molar-refractivity contribution in [3.8, 4) is 5.75 Å². The fourth-order valence-electron chi connectivity index (χ4n) is 1.31. The number of sulfonamides is 1. The van der Waals surface area contributed by atoms with Crippen LogP contribution in [0.5, 0.6) is 5.75 Å². The lowest BCUT2D eigenvalue weighted by molar-refractivity contribution is 0.475. The van der Waals surface area contributed by atoms with E-state index >= 15 is 0 Å². The molecule has 0 aromatic heterocycles. The number of rotatable bonds is 2. The quantitative estimate of drug-likeness (QED) is 0.741. The first kappa shape index (κ1) is 15.8. The van der Waals surface area contributed by atoms with Gasteiger partial charge in [0.1, 0.15) is 5.75 Å². The van der Waals surface area contributed by atoms with E-state index in [1.807, 2.05) is 19.1 Å². The van der Waals surface area contributed by atoms with Crippen molar-refractivity contribution < 1.29 is 13.5 Å². The van der Waals surface area contributed by atoms with E-state index in [0.717, 1.165) is 6.26 Å². The van der Waals surface area contributed by atoms with Crippen LogP contribution < -0.4 is 10.5 Å². The first-order valence-corrected chi connectivity index (χ1v) is 7.74. The summed E-state index contributed by atoms with van der Waals surface area (Å²) in [5.74, 6) is 0.329. The molecule has 0 bridgehead atoms. The Kier molecular flexibility index (Phi) is 5.40. The predicted octanol–water partition coefficient (Wildman–Crippen LogP) is 2.34. The van der Waals surface area contributed by atoms with E-state index < -0.39 is 10.0 Å². The standard InChI is InChI=1S/C7H10N2O2S.C7H8O/c1-12(10,11)9-7-4-2-6(8)3-5-7;1-6-2-4-7(8)5-3-6/h2-5,9H,8H2,1H3;2-5,8H,1H3. The lowest BCUT2D eigenvalue weighted by Gasteiger charge is -2.02. The van der Waals surface area contributed by atoms with Crippen LogP contribution in [0.3, 0.4) is 0 Å². The van der Waals surface area contributed by atoms with Gasteiger partial charge in [-0.1, -0.05) is 17.7 Å². The molecule has 6 heteroatoms. The topological polar surface area (TPSA) is 92.4 Å². The van der Waals surface area contributed by atoms with E-state index in [4.69, 9.17) is 10.8 Å². The van der Waals surface area contributed by atoms with Gasteiger partial charge >= 0.3 is 0 Å². The SMILES string of the molecule is CS(=O)(=O)Nc1ccc(N)cc1.Cc1ccc(O)cc1. The van der Waals surface area contributed by atoms with Crippen molar-refractivity contribution in [2.24, 2.45) is 0 Å². The van der Waals surface area contributed by atoms with Crippen LogP contribution in [-0.2, 0) is 10.0 Å². The van der Waals surface area contributed by atoms with Gasteiger partial charge < -0.3 is 10.8 Å². The Balaban J connectivity index is 0.000000217. The minimum absolute atomic E-state index is 0.329. The van der Waals surface area contributed by atoms with Crippen LogP contribution in [0, 0.1) is 6.92 Å². The van der Waals surface area contributed by atoms with E-state index in [2.05, 4.69) is 4.72 Å². The van der Waals surface area contributed by atoms with Gasteiger partial charge in [-0.2, -0.15) is 0 Å². The van der Waals surface area contributed by atoms with Crippen molar-refractivity contribution in [2.45, 2.75) is 6.92 Å². The zero-order valence-electron chi connectivity index (χ0n) is 11.4. The molecule has 2 rings (SSSR count). The van der Waals surface area contributed by atoms with Crippen molar-refractivity contribution in [3.63, 3.8) is 0 Å². The van der Waals surface area contributed by atoms with Crippen LogP contribution in [-0.4, -0.2) is 19.8 Å². The minimum atomic E-state index is -3.18. The van der Waals surface area contributed by atoms with Gasteiger partial charge in [0, 0.05) is 11.4 Å². The van der Waals surface area contributed by atoms with E-state index in [1.54, 1.807) is 36.4 Å². The maximum absolute atomic E-state index is 10.7. The second-order valence-corrected chi connectivity index (χ2v) is 6.08. The van der Waals surface area contributed by atoms with Gasteiger partial charge in [0.15, 0.2) is 0 Å². The van der Waals surface area contributed by atoms with Crippen molar-refractivity contribution >= 4 is 21.4 Å². The van der Waals surface area contributed by atoms with Crippen molar-refractivity contribution in [2.75, 3.05) is 16.7 Å². The molecular weight excluding hydrogens is 276 g/mol. The number of nitrogens with one attached hydrogen (secondary N) is 1. The zero-order valence-corrected chi connectivity index (χ0v) is 12.2. The highest BCUT2D eigenvalue weighted by atomic mass is 32.2. The van der Waals surface area contributed by atoms with Crippen LogP contribution in [0.2, 0.25) is 0 Å². The van der Waals surface area contributed by atoms with Gasteiger partial charge in [-0.15, -0.1) is 0 Å². The van der Waals surface area contributed by atoms with Crippen molar-refractivity contribution in [3.05, 3.63) is 54.1 Å².